The highest BCUT2D eigenvalue weighted by atomic mass is 16.5. The second-order valence-electron chi connectivity index (χ2n) is 5.41. The van der Waals surface area contributed by atoms with E-state index in [-0.39, 0.29) is 12.1 Å². The number of ether oxygens (including phenoxy) is 1. The second kappa shape index (κ2) is 14.9. The molecular formula is C24H33NO4. The van der Waals surface area contributed by atoms with Crippen LogP contribution >= 0.6 is 0 Å². The predicted octanol–water partition coefficient (Wildman–Crippen LogP) is 5.60. The van der Waals surface area contributed by atoms with Crippen LogP contribution in [0, 0.1) is 0 Å². The Kier molecular flexibility index (Phi) is 13.3. The largest absolute Gasteiger partial charge is 0.489 e. The summed E-state index contributed by atoms with van der Waals surface area (Å²) < 4.78 is 7.02. The minimum absolute atomic E-state index is 0.351. The van der Waals surface area contributed by atoms with E-state index < -0.39 is 5.97 Å². The van der Waals surface area contributed by atoms with Crippen molar-refractivity contribution in [1.82, 2.24) is 4.57 Å². The minimum atomic E-state index is -1.06. The summed E-state index contributed by atoms with van der Waals surface area (Å²) in [5, 5.41) is 9.80. The molecule has 2 rings (SSSR count). The van der Waals surface area contributed by atoms with Crippen molar-refractivity contribution in [3.8, 4) is 5.75 Å². The Morgan fingerprint density at radius 3 is 2.31 bits per heavy atom. The number of aliphatic carboxylic acids is 1. The molecule has 0 amide bonds. The fraction of sp³-hybridized carbons (Fsp3) is 0.333. The second-order valence-corrected chi connectivity index (χ2v) is 5.41. The maximum absolute atomic E-state index is 12.0. The number of carboxylic acids is 1. The molecule has 158 valence electrons. The van der Waals surface area contributed by atoms with Gasteiger partial charge in [0.05, 0.1) is 5.52 Å². The van der Waals surface area contributed by atoms with Gasteiger partial charge in [-0.25, -0.2) is 0 Å². The molecule has 5 heteroatoms. The van der Waals surface area contributed by atoms with Gasteiger partial charge >= 0.3 is 5.97 Å². The van der Waals surface area contributed by atoms with Gasteiger partial charge in [-0.1, -0.05) is 58.1 Å². The van der Waals surface area contributed by atoms with Gasteiger partial charge in [0.2, 0.25) is 0 Å². The van der Waals surface area contributed by atoms with E-state index in [0.717, 1.165) is 11.0 Å². The van der Waals surface area contributed by atoms with Crippen molar-refractivity contribution in [2.45, 2.75) is 48.1 Å². The van der Waals surface area contributed by atoms with Crippen LogP contribution in [0.15, 0.2) is 71.1 Å². The SMILES string of the molecule is CC.CC.C\C=C/C=C\C(=C/C)COc1ccc2ccc(=O)n(CC(=O)O)c2c1. The number of carboxylic acid groups (broad SMARTS) is 1. The van der Waals surface area contributed by atoms with E-state index in [1.54, 1.807) is 18.2 Å². The van der Waals surface area contributed by atoms with Gasteiger partial charge in [0, 0.05) is 12.1 Å². The summed E-state index contributed by atoms with van der Waals surface area (Å²) in [4.78, 5) is 23.0. The molecule has 0 saturated carbocycles. The Labute approximate surface area is 173 Å². The molecule has 0 fully saturated rings. The molecule has 0 bridgehead atoms. The first-order valence-electron chi connectivity index (χ1n) is 9.98. The van der Waals surface area contributed by atoms with Crippen molar-refractivity contribution in [1.29, 1.82) is 0 Å². The van der Waals surface area contributed by atoms with E-state index >= 15 is 0 Å². The number of carbonyl (C=O) groups is 1. The average molecular weight is 400 g/mol. The Balaban J connectivity index is 0.00000184. The standard InChI is InChI=1S/C20H21NO4.2C2H6/c1-3-5-6-7-15(4-2)14-25-17-10-8-16-9-11-19(22)21(13-20(23)24)18(16)12-17;2*1-2/h3-12H,13-14H2,1-2H3,(H,23,24);2*1-2H3/b5-3-,7-6-,15-4+;;. The van der Waals surface area contributed by atoms with Crippen molar-refractivity contribution in [2.75, 3.05) is 6.61 Å². The lowest BCUT2D eigenvalue weighted by Crippen LogP contribution is -2.23. The van der Waals surface area contributed by atoms with Crippen molar-refractivity contribution in [2.24, 2.45) is 0 Å². The number of pyridine rings is 1. The van der Waals surface area contributed by atoms with Gasteiger partial charge in [-0.05, 0) is 43.0 Å². The van der Waals surface area contributed by atoms with Crippen LogP contribution in [0.3, 0.4) is 0 Å². The number of hydrogen-bond acceptors (Lipinski definition) is 3. The molecule has 1 aromatic heterocycles. The van der Waals surface area contributed by atoms with Gasteiger partial charge in [0.15, 0.2) is 0 Å². The minimum Gasteiger partial charge on any atom is -0.489 e. The van der Waals surface area contributed by atoms with E-state index in [9.17, 15) is 9.59 Å². The normalized spacial score (nSPS) is 11.0. The molecule has 0 aliphatic carbocycles. The Bertz CT molecular complexity index is 905. The van der Waals surface area contributed by atoms with E-state index in [4.69, 9.17) is 9.84 Å². The Morgan fingerprint density at radius 1 is 1.07 bits per heavy atom. The van der Waals surface area contributed by atoms with Crippen molar-refractivity contribution >= 4 is 16.9 Å². The van der Waals surface area contributed by atoms with E-state index in [1.807, 2.05) is 78.0 Å². The van der Waals surface area contributed by atoms with Crippen LogP contribution in [0.25, 0.3) is 10.9 Å². The van der Waals surface area contributed by atoms with Crippen LogP contribution in [0.5, 0.6) is 5.75 Å². The van der Waals surface area contributed by atoms with Gasteiger partial charge < -0.3 is 9.84 Å². The monoisotopic (exact) mass is 399 g/mol. The number of allylic oxidation sites excluding steroid dienone is 4. The summed E-state index contributed by atoms with van der Waals surface area (Å²) in [6.07, 6.45) is 9.73. The third-order valence-electron chi connectivity index (χ3n) is 3.65. The number of benzene rings is 1. The molecule has 1 heterocycles. The molecule has 0 aliphatic heterocycles. The average Bonchev–Trinajstić information content (AvgIpc) is 2.75. The fourth-order valence-electron chi connectivity index (χ4n) is 2.34. The third-order valence-corrected chi connectivity index (χ3v) is 3.65. The van der Waals surface area contributed by atoms with Gasteiger partial charge in [-0.15, -0.1) is 0 Å². The highest BCUT2D eigenvalue weighted by Gasteiger charge is 2.08. The summed E-state index contributed by atoms with van der Waals surface area (Å²) in [5.41, 5.74) is 1.20. The van der Waals surface area contributed by atoms with E-state index in [2.05, 4.69) is 0 Å². The van der Waals surface area contributed by atoms with Gasteiger partial charge in [0.1, 0.15) is 18.9 Å². The molecule has 2 aromatic rings. The quantitative estimate of drug-likeness (QED) is 0.616. The lowest BCUT2D eigenvalue weighted by Gasteiger charge is -2.11. The molecule has 0 aliphatic rings. The number of aromatic nitrogens is 1. The molecule has 0 spiro atoms. The lowest BCUT2D eigenvalue weighted by molar-refractivity contribution is -0.137. The van der Waals surface area contributed by atoms with Crippen LogP contribution in [0.4, 0.5) is 0 Å². The number of fused-ring (bicyclic) bond motifs is 1. The van der Waals surface area contributed by atoms with Crippen molar-refractivity contribution in [3.63, 3.8) is 0 Å². The molecule has 1 aromatic carbocycles. The van der Waals surface area contributed by atoms with Gasteiger partial charge in [-0.2, -0.15) is 0 Å². The fourth-order valence-corrected chi connectivity index (χ4v) is 2.34. The van der Waals surface area contributed by atoms with Crippen molar-refractivity contribution in [3.05, 3.63) is 76.6 Å². The zero-order chi connectivity index (χ0) is 22.2. The van der Waals surface area contributed by atoms with E-state index in [0.29, 0.717) is 17.9 Å². The molecule has 0 saturated heterocycles. The zero-order valence-electron chi connectivity index (χ0n) is 18.3. The maximum Gasteiger partial charge on any atom is 0.323 e. The molecular weight excluding hydrogens is 366 g/mol. The van der Waals surface area contributed by atoms with Crippen LogP contribution in [-0.2, 0) is 11.3 Å². The first-order valence-corrected chi connectivity index (χ1v) is 9.98. The zero-order valence-corrected chi connectivity index (χ0v) is 18.3. The summed E-state index contributed by atoms with van der Waals surface area (Å²) >= 11 is 0. The number of hydrogen-bond donors (Lipinski definition) is 1. The molecule has 0 unspecified atom stereocenters. The van der Waals surface area contributed by atoms with Crippen LogP contribution in [-0.4, -0.2) is 22.2 Å². The third kappa shape index (κ3) is 8.64. The smallest absolute Gasteiger partial charge is 0.323 e. The molecule has 5 nitrogen and oxygen atoms in total. The molecule has 1 N–H and O–H groups in total. The van der Waals surface area contributed by atoms with Gasteiger partial charge in [0.25, 0.3) is 5.56 Å². The molecule has 0 atom stereocenters. The topological polar surface area (TPSA) is 68.5 Å². The highest BCUT2D eigenvalue weighted by molar-refractivity contribution is 5.81. The highest BCUT2D eigenvalue weighted by Crippen LogP contribution is 2.20. The number of rotatable bonds is 7. The molecule has 0 radical (unpaired) electrons. The van der Waals surface area contributed by atoms with Crippen molar-refractivity contribution < 1.29 is 14.6 Å². The first-order chi connectivity index (χ1) is 14.0. The summed E-state index contributed by atoms with van der Waals surface area (Å²) in [7, 11) is 0. The van der Waals surface area contributed by atoms with Crippen LogP contribution in [0.2, 0.25) is 0 Å². The Morgan fingerprint density at radius 2 is 1.72 bits per heavy atom. The van der Waals surface area contributed by atoms with Crippen LogP contribution < -0.4 is 10.3 Å². The predicted molar refractivity (Wildman–Crippen MR) is 122 cm³/mol. The summed E-state index contributed by atoms with van der Waals surface area (Å²) in [5.74, 6) is -0.484. The summed E-state index contributed by atoms with van der Waals surface area (Å²) in [6, 6.07) is 8.36. The Hall–Kier alpha value is -3.08. The van der Waals surface area contributed by atoms with E-state index in [1.165, 1.54) is 10.6 Å². The molecule has 29 heavy (non-hydrogen) atoms. The van der Waals surface area contributed by atoms with Crippen LogP contribution in [0.1, 0.15) is 41.5 Å². The summed E-state index contributed by atoms with van der Waals surface area (Å²) in [6.45, 7) is 11.9. The maximum atomic E-state index is 12.0. The first kappa shape index (κ1) is 25.9. The lowest BCUT2D eigenvalue weighted by atomic mass is 10.2. The number of nitrogens with zero attached hydrogens (tertiary/aromatic N) is 1. The van der Waals surface area contributed by atoms with Gasteiger partial charge in [-0.3, -0.25) is 14.2 Å².